The minimum Gasteiger partial charge on any atom is -0.374 e. The minimum atomic E-state index is -0.824. The fourth-order valence-corrected chi connectivity index (χ4v) is 2.08. The summed E-state index contributed by atoms with van der Waals surface area (Å²) in [6, 6.07) is 6.44. The number of anilines is 2. The van der Waals surface area contributed by atoms with Gasteiger partial charge in [0.1, 0.15) is 17.3 Å². The molecule has 23 heavy (non-hydrogen) atoms. The second-order valence-corrected chi connectivity index (χ2v) is 5.25. The van der Waals surface area contributed by atoms with E-state index in [1.807, 2.05) is 18.0 Å². The molecule has 2 rings (SSSR count). The van der Waals surface area contributed by atoms with Crippen LogP contribution in [0, 0.1) is 11.6 Å². The third kappa shape index (κ3) is 4.48. The van der Waals surface area contributed by atoms with Crippen LogP contribution in [0.1, 0.15) is 30.3 Å². The van der Waals surface area contributed by atoms with Gasteiger partial charge >= 0.3 is 0 Å². The number of aromatic nitrogens is 1. The highest BCUT2D eigenvalue weighted by Gasteiger charge is 2.12. The Morgan fingerprint density at radius 1 is 1.26 bits per heavy atom. The predicted octanol–water partition coefficient (Wildman–Crippen LogP) is 3.85. The summed E-state index contributed by atoms with van der Waals surface area (Å²) in [4.78, 5) is 18.2. The molecular weight excluding hydrogens is 300 g/mol. The standard InChI is InChI=1S/C17H19F2N3O/c1-3-4-9-22(2)13-7-8-20-16(11-13)17(23)21-15-6-5-12(18)10-14(15)19/h5-8,10-11H,3-4,9H2,1-2H3,(H,21,23). The van der Waals surface area contributed by atoms with Gasteiger partial charge in [-0.25, -0.2) is 8.78 Å². The van der Waals surface area contributed by atoms with E-state index >= 15 is 0 Å². The fourth-order valence-electron chi connectivity index (χ4n) is 2.08. The van der Waals surface area contributed by atoms with Gasteiger partial charge in [-0.2, -0.15) is 0 Å². The van der Waals surface area contributed by atoms with Crippen molar-refractivity contribution in [3.63, 3.8) is 0 Å². The smallest absolute Gasteiger partial charge is 0.274 e. The van der Waals surface area contributed by atoms with E-state index in [2.05, 4.69) is 17.2 Å². The van der Waals surface area contributed by atoms with Gasteiger partial charge in [-0.1, -0.05) is 13.3 Å². The molecule has 0 bridgehead atoms. The SMILES string of the molecule is CCCCN(C)c1ccnc(C(=O)Nc2ccc(F)cc2F)c1. The Balaban J connectivity index is 2.13. The van der Waals surface area contributed by atoms with Gasteiger partial charge < -0.3 is 10.2 Å². The number of halogens is 2. The Morgan fingerprint density at radius 2 is 2.04 bits per heavy atom. The number of hydrogen-bond donors (Lipinski definition) is 1. The first-order valence-corrected chi connectivity index (χ1v) is 7.45. The number of hydrogen-bond acceptors (Lipinski definition) is 3. The molecule has 1 aromatic carbocycles. The number of carbonyl (C=O) groups is 1. The second kappa shape index (κ2) is 7.67. The molecule has 0 radical (unpaired) electrons. The van der Waals surface area contributed by atoms with Crippen molar-refractivity contribution in [2.75, 3.05) is 23.8 Å². The fraction of sp³-hybridized carbons (Fsp3) is 0.294. The van der Waals surface area contributed by atoms with Crippen molar-refractivity contribution < 1.29 is 13.6 Å². The van der Waals surface area contributed by atoms with E-state index in [-0.39, 0.29) is 11.4 Å². The molecule has 1 aromatic heterocycles. The molecule has 1 heterocycles. The van der Waals surface area contributed by atoms with Gasteiger partial charge in [-0.15, -0.1) is 0 Å². The summed E-state index contributed by atoms with van der Waals surface area (Å²) in [6.07, 6.45) is 3.65. The summed E-state index contributed by atoms with van der Waals surface area (Å²) in [5.74, 6) is -2.06. The van der Waals surface area contributed by atoms with Gasteiger partial charge in [-0.3, -0.25) is 9.78 Å². The van der Waals surface area contributed by atoms with E-state index in [4.69, 9.17) is 0 Å². The summed E-state index contributed by atoms with van der Waals surface area (Å²) in [7, 11) is 1.94. The largest absolute Gasteiger partial charge is 0.374 e. The van der Waals surface area contributed by atoms with Gasteiger partial charge in [0, 0.05) is 31.5 Å². The molecule has 2 aromatic rings. The summed E-state index contributed by atoms with van der Waals surface area (Å²) >= 11 is 0. The molecule has 6 heteroatoms. The molecule has 0 unspecified atom stereocenters. The number of nitrogens with zero attached hydrogens (tertiary/aromatic N) is 2. The van der Waals surface area contributed by atoms with Gasteiger partial charge in [0.15, 0.2) is 0 Å². The monoisotopic (exact) mass is 319 g/mol. The van der Waals surface area contributed by atoms with Crippen molar-refractivity contribution in [3.8, 4) is 0 Å². The number of pyridine rings is 1. The summed E-state index contributed by atoms with van der Waals surface area (Å²) in [5.41, 5.74) is 0.954. The molecule has 122 valence electrons. The van der Waals surface area contributed by atoms with Gasteiger partial charge in [0.2, 0.25) is 0 Å². The molecular formula is C17H19F2N3O. The molecule has 0 spiro atoms. The third-order valence-electron chi connectivity index (χ3n) is 3.44. The summed E-state index contributed by atoms with van der Waals surface area (Å²) < 4.78 is 26.5. The van der Waals surface area contributed by atoms with E-state index in [1.54, 1.807) is 6.07 Å². The third-order valence-corrected chi connectivity index (χ3v) is 3.44. The van der Waals surface area contributed by atoms with Crippen LogP contribution in [-0.2, 0) is 0 Å². The molecule has 0 atom stereocenters. The maximum absolute atomic E-state index is 13.6. The minimum absolute atomic E-state index is 0.0806. The Morgan fingerprint density at radius 3 is 2.74 bits per heavy atom. The molecule has 0 aliphatic heterocycles. The van der Waals surface area contributed by atoms with E-state index < -0.39 is 17.5 Å². The Labute approximate surface area is 134 Å². The van der Waals surface area contributed by atoms with Crippen LogP contribution in [0.5, 0.6) is 0 Å². The van der Waals surface area contributed by atoms with Crippen molar-refractivity contribution in [3.05, 3.63) is 53.9 Å². The quantitative estimate of drug-likeness (QED) is 0.879. The normalized spacial score (nSPS) is 10.4. The van der Waals surface area contributed by atoms with E-state index in [9.17, 15) is 13.6 Å². The first-order valence-electron chi connectivity index (χ1n) is 7.45. The van der Waals surface area contributed by atoms with Crippen LogP contribution >= 0.6 is 0 Å². The van der Waals surface area contributed by atoms with Crippen LogP contribution < -0.4 is 10.2 Å². The van der Waals surface area contributed by atoms with Crippen molar-refractivity contribution in [2.45, 2.75) is 19.8 Å². The molecule has 0 aliphatic carbocycles. The molecule has 0 aliphatic rings. The van der Waals surface area contributed by atoms with Gasteiger partial charge in [0.05, 0.1) is 5.69 Å². The molecule has 1 N–H and O–H groups in total. The number of nitrogens with one attached hydrogen (secondary N) is 1. The lowest BCUT2D eigenvalue weighted by Gasteiger charge is -2.19. The van der Waals surface area contributed by atoms with Gasteiger partial charge in [0.25, 0.3) is 5.91 Å². The molecule has 1 amide bonds. The van der Waals surface area contributed by atoms with Crippen LogP contribution in [0.3, 0.4) is 0 Å². The van der Waals surface area contributed by atoms with E-state index in [0.717, 1.165) is 37.2 Å². The number of unbranched alkanes of at least 4 members (excludes halogenated alkanes) is 1. The Bertz CT molecular complexity index is 691. The number of carbonyl (C=O) groups excluding carboxylic acids is 1. The second-order valence-electron chi connectivity index (χ2n) is 5.25. The number of amides is 1. The Kier molecular flexibility index (Phi) is 5.62. The Hall–Kier alpha value is -2.50. The maximum atomic E-state index is 13.6. The first-order chi connectivity index (χ1) is 11.0. The summed E-state index contributed by atoms with van der Waals surface area (Å²) in [5, 5.41) is 2.40. The lowest BCUT2D eigenvalue weighted by Crippen LogP contribution is -2.20. The molecule has 0 saturated carbocycles. The average molecular weight is 319 g/mol. The zero-order valence-electron chi connectivity index (χ0n) is 13.1. The summed E-state index contributed by atoms with van der Waals surface area (Å²) in [6.45, 7) is 2.98. The van der Waals surface area contributed by atoms with Gasteiger partial charge in [-0.05, 0) is 30.7 Å². The predicted molar refractivity (Wildman–Crippen MR) is 86.7 cm³/mol. The van der Waals surface area contributed by atoms with Crippen molar-refractivity contribution in [1.82, 2.24) is 4.98 Å². The lowest BCUT2D eigenvalue weighted by molar-refractivity contribution is 0.102. The van der Waals surface area contributed by atoms with Crippen LogP contribution in [0.15, 0.2) is 36.5 Å². The lowest BCUT2D eigenvalue weighted by atomic mass is 10.2. The van der Waals surface area contributed by atoms with Crippen LogP contribution in [-0.4, -0.2) is 24.5 Å². The molecule has 4 nitrogen and oxygen atoms in total. The van der Waals surface area contributed by atoms with Crippen LogP contribution in [0.25, 0.3) is 0 Å². The highest BCUT2D eigenvalue weighted by Crippen LogP contribution is 2.18. The van der Waals surface area contributed by atoms with E-state index in [0.29, 0.717) is 0 Å². The van der Waals surface area contributed by atoms with Crippen molar-refractivity contribution in [1.29, 1.82) is 0 Å². The molecule has 0 saturated heterocycles. The molecule has 0 fully saturated rings. The maximum Gasteiger partial charge on any atom is 0.274 e. The zero-order chi connectivity index (χ0) is 16.8. The number of benzene rings is 1. The van der Waals surface area contributed by atoms with E-state index in [1.165, 1.54) is 12.3 Å². The zero-order valence-corrected chi connectivity index (χ0v) is 13.1. The van der Waals surface area contributed by atoms with Crippen molar-refractivity contribution >= 4 is 17.3 Å². The topological polar surface area (TPSA) is 45.2 Å². The highest BCUT2D eigenvalue weighted by molar-refractivity contribution is 6.03. The van der Waals surface area contributed by atoms with Crippen molar-refractivity contribution in [2.24, 2.45) is 0 Å². The van der Waals surface area contributed by atoms with Crippen LogP contribution in [0.2, 0.25) is 0 Å². The van der Waals surface area contributed by atoms with Crippen LogP contribution in [0.4, 0.5) is 20.2 Å². The highest BCUT2D eigenvalue weighted by atomic mass is 19.1. The average Bonchev–Trinajstić information content (AvgIpc) is 2.55. The number of rotatable bonds is 6. The first kappa shape index (κ1) is 16.9.